The summed E-state index contributed by atoms with van der Waals surface area (Å²) in [4.78, 5) is 0. The molecule has 0 saturated heterocycles. The summed E-state index contributed by atoms with van der Waals surface area (Å²) in [5.41, 5.74) is 1.03. The summed E-state index contributed by atoms with van der Waals surface area (Å²) in [5, 5.41) is 9.56. The molecule has 0 spiro atoms. The first-order valence-corrected chi connectivity index (χ1v) is 5.11. The van der Waals surface area contributed by atoms with Gasteiger partial charge in [-0.2, -0.15) is 0 Å². The highest BCUT2D eigenvalue weighted by molar-refractivity contribution is 5.34. The Balaban J connectivity index is 2.07. The Hall–Kier alpha value is -1.26. The third kappa shape index (κ3) is 2.16. The second kappa shape index (κ2) is 4.30. The van der Waals surface area contributed by atoms with E-state index in [4.69, 9.17) is 0 Å². The maximum Gasteiger partial charge on any atom is 0.0677 e. The van der Waals surface area contributed by atoms with Gasteiger partial charge in [0.15, 0.2) is 0 Å². The Kier molecular flexibility index (Phi) is 2.86. The summed E-state index contributed by atoms with van der Waals surface area (Å²) in [6.07, 6.45) is 2.86. The number of aliphatic hydroxyl groups is 1. The second-order valence-corrected chi connectivity index (χ2v) is 3.74. The average molecular weight is 186 g/mol. The SMILES string of the molecule is OC1CCCC1C#Cc1ccccc1. The zero-order valence-electron chi connectivity index (χ0n) is 8.11. The van der Waals surface area contributed by atoms with Crippen molar-refractivity contribution in [3.63, 3.8) is 0 Å². The Labute approximate surface area is 84.8 Å². The minimum absolute atomic E-state index is 0.190. The zero-order chi connectivity index (χ0) is 9.80. The first-order valence-electron chi connectivity index (χ1n) is 5.11. The molecule has 0 aromatic heterocycles. The van der Waals surface area contributed by atoms with Gasteiger partial charge in [-0.1, -0.05) is 30.0 Å². The standard InChI is InChI=1S/C13H14O/c14-13-8-4-7-12(13)10-9-11-5-2-1-3-6-11/h1-3,5-6,12-14H,4,7-8H2. The van der Waals surface area contributed by atoms with Gasteiger partial charge in [0.05, 0.1) is 6.10 Å². The number of rotatable bonds is 0. The van der Waals surface area contributed by atoms with Gasteiger partial charge in [-0.05, 0) is 31.4 Å². The van der Waals surface area contributed by atoms with Gasteiger partial charge < -0.3 is 5.11 Å². The molecule has 0 heterocycles. The van der Waals surface area contributed by atoms with Gasteiger partial charge >= 0.3 is 0 Å². The second-order valence-electron chi connectivity index (χ2n) is 3.74. The minimum atomic E-state index is -0.203. The molecule has 1 aromatic carbocycles. The molecular weight excluding hydrogens is 172 g/mol. The van der Waals surface area contributed by atoms with Crippen LogP contribution in [0, 0.1) is 17.8 Å². The summed E-state index contributed by atoms with van der Waals surface area (Å²) in [5.74, 6) is 6.44. The van der Waals surface area contributed by atoms with Crippen LogP contribution < -0.4 is 0 Å². The molecule has 0 radical (unpaired) electrons. The molecule has 1 heteroatoms. The van der Waals surface area contributed by atoms with Crippen molar-refractivity contribution in [1.82, 2.24) is 0 Å². The van der Waals surface area contributed by atoms with E-state index in [1.165, 1.54) is 0 Å². The number of benzene rings is 1. The van der Waals surface area contributed by atoms with E-state index in [1.54, 1.807) is 0 Å². The van der Waals surface area contributed by atoms with Crippen LogP contribution in [0.5, 0.6) is 0 Å². The average Bonchev–Trinajstić information content (AvgIpc) is 2.63. The predicted molar refractivity (Wildman–Crippen MR) is 56.7 cm³/mol. The van der Waals surface area contributed by atoms with Crippen LogP contribution in [0.1, 0.15) is 24.8 Å². The molecule has 72 valence electrons. The monoisotopic (exact) mass is 186 g/mol. The van der Waals surface area contributed by atoms with Crippen LogP contribution in [0.15, 0.2) is 30.3 Å². The summed E-state index contributed by atoms with van der Waals surface area (Å²) in [6.45, 7) is 0. The molecule has 0 amide bonds. The van der Waals surface area contributed by atoms with Crippen molar-refractivity contribution in [2.75, 3.05) is 0 Å². The van der Waals surface area contributed by atoms with Crippen molar-refractivity contribution in [1.29, 1.82) is 0 Å². The van der Waals surface area contributed by atoms with E-state index in [1.807, 2.05) is 30.3 Å². The van der Waals surface area contributed by atoms with Crippen molar-refractivity contribution >= 4 is 0 Å². The van der Waals surface area contributed by atoms with E-state index in [9.17, 15) is 5.11 Å². The van der Waals surface area contributed by atoms with E-state index in [-0.39, 0.29) is 12.0 Å². The molecule has 0 aliphatic heterocycles. The number of hydrogen-bond donors (Lipinski definition) is 1. The molecule has 1 nitrogen and oxygen atoms in total. The topological polar surface area (TPSA) is 20.2 Å². The van der Waals surface area contributed by atoms with Gasteiger partial charge in [0.1, 0.15) is 0 Å². The molecule has 2 rings (SSSR count). The third-order valence-corrected chi connectivity index (χ3v) is 2.66. The molecule has 1 aliphatic rings. The fourth-order valence-electron chi connectivity index (χ4n) is 1.81. The fraction of sp³-hybridized carbons (Fsp3) is 0.385. The van der Waals surface area contributed by atoms with Gasteiger partial charge in [-0.25, -0.2) is 0 Å². The van der Waals surface area contributed by atoms with Crippen LogP contribution >= 0.6 is 0 Å². The molecular formula is C13H14O. The predicted octanol–water partition coefficient (Wildman–Crippen LogP) is 2.20. The lowest BCUT2D eigenvalue weighted by atomic mass is 10.1. The van der Waals surface area contributed by atoms with Gasteiger partial charge in [0, 0.05) is 11.5 Å². The Bertz CT molecular complexity index is 344. The lowest BCUT2D eigenvalue weighted by molar-refractivity contribution is 0.157. The van der Waals surface area contributed by atoms with Crippen LogP contribution in [0.25, 0.3) is 0 Å². The largest absolute Gasteiger partial charge is 0.392 e. The molecule has 1 aromatic rings. The van der Waals surface area contributed by atoms with Gasteiger partial charge in [-0.3, -0.25) is 0 Å². The number of hydrogen-bond acceptors (Lipinski definition) is 1. The molecule has 0 bridgehead atoms. The molecule has 1 aliphatic carbocycles. The quantitative estimate of drug-likeness (QED) is 0.616. The van der Waals surface area contributed by atoms with E-state index in [2.05, 4.69) is 11.8 Å². The van der Waals surface area contributed by atoms with Crippen LogP contribution in [0.4, 0.5) is 0 Å². The van der Waals surface area contributed by atoms with Gasteiger partial charge in [0.25, 0.3) is 0 Å². The van der Waals surface area contributed by atoms with E-state index >= 15 is 0 Å². The highest BCUT2D eigenvalue weighted by Gasteiger charge is 2.22. The Morgan fingerprint density at radius 2 is 1.93 bits per heavy atom. The molecule has 14 heavy (non-hydrogen) atoms. The van der Waals surface area contributed by atoms with Crippen molar-refractivity contribution in [2.45, 2.75) is 25.4 Å². The van der Waals surface area contributed by atoms with Crippen molar-refractivity contribution < 1.29 is 5.11 Å². The van der Waals surface area contributed by atoms with E-state index < -0.39 is 0 Å². The summed E-state index contributed by atoms with van der Waals surface area (Å²) in [6, 6.07) is 9.93. The lowest BCUT2D eigenvalue weighted by Crippen LogP contribution is -2.10. The van der Waals surface area contributed by atoms with Crippen LogP contribution in [0.2, 0.25) is 0 Å². The normalized spacial score (nSPS) is 25.5. The Morgan fingerprint density at radius 1 is 1.14 bits per heavy atom. The smallest absolute Gasteiger partial charge is 0.0677 e. The van der Waals surface area contributed by atoms with E-state index in [0.717, 1.165) is 24.8 Å². The van der Waals surface area contributed by atoms with Crippen LogP contribution in [0.3, 0.4) is 0 Å². The van der Waals surface area contributed by atoms with Gasteiger partial charge in [0.2, 0.25) is 0 Å². The maximum atomic E-state index is 9.56. The highest BCUT2D eigenvalue weighted by atomic mass is 16.3. The first-order chi connectivity index (χ1) is 6.86. The van der Waals surface area contributed by atoms with Crippen LogP contribution in [-0.4, -0.2) is 11.2 Å². The van der Waals surface area contributed by atoms with E-state index in [0.29, 0.717) is 0 Å². The molecule has 1 saturated carbocycles. The first kappa shape index (κ1) is 9.30. The van der Waals surface area contributed by atoms with Crippen molar-refractivity contribution in [3.05, 3.63) is 35.9 Å². The summed E-state index contributed by atoms with van der Waals surface area (Å²) in [7, 11) is 0. The molecule has 1 fully saturated rings. The van der Waals surface area contributed by atoms with Crippen molar-refractivity contribution in [2.24, 2.45) is 5.92 Å². The molecule has 1 N–H and O–H groups in total. The van der Waals surface area contributed by atoms with Gasteiger partial charge in [-0.15, -0.1) is 0 Å². The fourth-order valence-corrected chi connectivity index (χ4v) is 1.81. The zero-order valence-corrected chi connectivity index (χ0v) is 8.11. The molecule has 2 atom stereocenters. The molecule has 2 unspecified atom stereocenters. The third-order valence-electron chi connectivity index (χ3n) is 2.66. The Morgan fingerprint density at radius 3 is 2.57 bits per heavy atom. The van der Waals surface area contributed by atoms with Crippen LogP contribution in [-0.2, 0) is 0 Å². The van der Waals surface area contributed by atoms with Crippen molar-refractivity contribution in [3.8, 4) is 11.8 Å². The lowest BCUT2D eigenvalue weighted by Gasteiger charge is -2.04. The maximum absolute atomic E-state index is 9.56. The summed E-state index contributed by atoms with van der Waals surface area (Å²) < 4.78 is 0. The highest BCUT2D eigenvalue weighted by Crippen LogP contribution is 2.24. The number of aliphatic hydroxyl groups excluding tert-OH is 1. The summed E-state index contributed by atoms with van der Waals surface area (Å²) >= 11 is 0. The minimum Gasteiger partial charge on any atom is -0.392 e.